The predicted octanol–water partition coefficient (Wildman–Crippen LogP) is 2.86. The molecule has 1 aromatic rings. The Morgan fingerprint density at radius 2 is 1.87 bits per heavy atom. The highest BCUT2D eigenvalue weighted by Gasteiger charge is 2.29. The van der Waals surface area contributed by atoms with Gasteiger partial charge < -0.3 is 0 Å². The number of halogens is 4. The van der Waals surface area contributed by atoms with Crippen LogP contribution in [-0.2, 0) is 15.0 Å². The summed E-state index contributed by atoms with van der Waals surface area (Å²) in [5.41, 5.74) is -0.869. The standard InChI is InChI=1S/C8H6ClF3O2S/c1-8(11,12)6-3-2-5(4-7(6)10)15(9,13)14/h2-4H,1H3. The van der Waals surface area contributed by atoms with E-state index in [1.54, 1.807) is 0 Å². The molecule has 15 heavy (non-hydrogen) atoms. The molecule has 0 saturated heterocycles. The number of rotatable bonds is 2. The van der Waals surface area contributed by atoms with E-state index in [9.17, 15) is 21.6 Å². The highest BCUT2D eigenvalue weighted by molar-refractivity contribution is 8.13. The lowest BCUT2D eigenvalue weighted by Crippen LogP contribution is -2.10. The van der Waals surface area contributed by atoms with E-state index < -0.39 is 31.2 Å². The van der Waals surface area contributed by atoms with Crippen molar-refractivity contribution < 1.29 is 21.6 Å². The lowest BCUT2D eigenvalue weighted by Gasteiger charge is -2.11. The highest BCUT2D eigenvalue weighted by atomic mass is 35.7. The second-order valence-electron chi connectivity index (χ2n) is 2.97. The van der Waals surface area contributed by atoms with E-state index in [-0.39, 0.29) is 0 Å². The Kier molecular flexibility index (Phi) is 3.02. The lowest BCUT2D eigenvalue weighted by molar-refractivity contribution is 0.0137. The Hall–Kier alpha value is -0.750. The van der Waals surface area contributed by atoms with Crippen LogP contribution in [0.25, 0.3) is 0 Å². The monoisotopic (exact) mass is 258 g/mol. The number of hydrogen-bond acceptors (Lipinski definition) is 2. The number of hydrogen-bond donors (Lipinski definition) is 0. The van der Waals surface area contributed by atoms with Crippen LogP contribution in [0.3, 0.4) is 0 Å². The third kappa shape index (κ3) is 2.85. The van der Waals surface area contributed by atoms with Crippen molar-refractivity contribution in [3.8, 4) is 0 Å². The first-order chi connectivity index (χ1) is 6.62. The van der Waals surface area contributed by atoms with Gasteiger partial charge in [-0.3, -0.25) is 0 Å². The smallest absolute Gasteiger partial charge is 0.207 e. The summed E-state index contributed by atoms with van der Waals surface area (Å²) in [5, 5.41) is 0. The minimum Gasteiger partial charge on any atom is -0.207 e. The van der Waals surface area contributed by atoms with E-state index >= 15 is 0 Å². The van der Waals surface area contributed by atoms with Crippen LogP contribution in [0.4, 0.5) is 13.2 Å². The molecule has 0 heterocycles. The summed E-state index contributed by atoms with van der Waals surface area (Å²) in [4.78, 5) is -0.547. The predicted molar refractivity (Wildman–Crippen MR) is 49.0 cm³/mol. The summed E-state index contributed by atoms with van der Waals surface area (Å²) < 4.78 is 60.0. The van der Waals surface area contributed by atoms with Crippen LogP contribution in [0.2, 0.25) is 0 Å². The average Bonchev–Trinajstić information content (AvgIpc) is 1.99. The van der Waals surface area contributed by atoms with Crippen LogP contribution < -0.4 is 0 Å². The van der Waals surface area contributed by atoms with Gasteiger partial charge in [-0.05, 0) is 18.2 Å². The summed E-state index contributed by atoms with van der Waals surface area (Å²) >= 11 is 0. The van der Waals surface area contributed by atoms with Crippen molar-refractivity contribution in [3.63, 3.8) is 0 Å². The van der Waals surface area contributed by atoms with Gasteiger partial charge in [0.15, 0.2) is 0 Å². The zero-order chi connectivity index (χ0) is 11.9. The van der Waals surface area contributed by atoms with Gasteiger partial charge in [0.05, 0.1) is 10.5 Å². The Bertz CT molecular complexity index is 479. The molecule has 0 spiro atoms. The molecule has 0 aliphatic carbocycles. The van der Waals surface area contributed by atoms with E-state index in [2.05, 4.69) is 0 Å². The van der Waals surface area contributed by atoms with Crippen LogP contribution in [0.5, 0.6) is 0 Å². The van der Waals surface area contributed by atoms with Crippen molar-refractivity contribution >= 4 is 19.7 Å². The van der Waals surface area contributed by atoms with Gasteiger partial charge in [-0.25, -0.2) is 21.6 Å². The van der Waals surface area contributed by atoms with Crippen molar-refractivity contribution in [1.29, 1.82) is 0 Å². The molecule has 0 saturated carbocycles. The molecular weight excluding hydrogens is 253 g/mol. The number of benzene rings is 1. The molecule has 84 valence electrons. The molecule has 0 aromatic heterocycles. The lowest BCUT2D eigenvalue weighted by atomic mass is 10.1. The second kappa shape index (κ2) is 3.68. The molecule has 0 N–H and O–H groups in total. The number of alkyl halides is 2. The zero-order valence-corrected chi connectivity index (χ0v) is 9.04. The van der Waals surface area contributed by atoms with Crippen molar-refractivity contribution in [2.75, 3.05) is 0 Å². The minimum atomic E-state index is -4.10. The van der Waals surface area contributed by atoms with Gasteiger partial charge in [0.25, 0.3) is 15.0 Å². The molecule has 1 rings (SSSR count). The maximum Gasteiger partial charge on any atom is 0.273 e. The Labute approximate surface area is 89.1 Å². The second-order valence-corrected chi connectivity index (χ2v) is 5.53. The molecule has 0 fully saturated rings. The van der Waals surface area contributed by atoms with E-state index in [4.69, 9.17) is 10.7 Å². The fraction of sp³-hybridized carbons (Fsp3) is 0.250. The topological polar surface area (TPSA) is 34.1 Å². The summed E-state index contributed by atoms with van der Waals surface area (Å²) in [6.07, 6.45) is 0. The first kappa shape index (κ1) is 12.3. The SMILES string of the molecule is CC(F)(F)c1ccc(S(=O)(=O)Cl)cc1F. The third-order valence-electron chi connectivity index (χ3n) is 1.70. The van der Waals surface area contributed by atoms with Crippen LogP contribution in [0.1, 0.15) is 12.5 Å². The molecule has 0 amide bonds. The van der Waals surface area contributed by atoms with E-state index in [1.807, 2.05) is 0 Å². The van der Waals surface area contributed by atoms with Gasteiger partial charge in [0.1, 0.15) is 5.82 Å². The van der Waals surface area contributed by atoms with Crippen LogP contribution >= 0.6 is 10.7 Å². The first-order valence-corrected chi connectivity index (χ1v) is 6.06. The van der Waals surface area contributed by atoms with Gasteiger partial charge >= 0.3 is 0 Å². The van der Waals surface area contributed by atoms with Crippen LogP contribution in [0.15, 0.2) is 23.1 Å². The van der Waals surface area contributed by atoms with E-state index in [0.717, 1.165) is 6.07 Å². The summed E-state index contributed by atoms with van der Waals surface area (Å²) in [6, 6.07) is 2.00. The van der Waals surface area contributed by atoms with Crippen LogP contribution in [-0.4, -0.2) is 8.42 Å². The van der Waals surface area contributed by atoms with Gasteiger partial charge in [0, 0.05) is 17.6 Å². The van der Waals surface area contributed by atoms with Crippen molar-refractivity contribution in [2.45, 2.75) is 17.7 Å². The summed E-state index contributed by atoms with van der Waals surface area (Å²) in [5.74, 6) is -4.66. The Morgan fingerprint density at radius 1 is 1.33 bits per heavy atom. The quantitative estimate of drug-likeness (QED) is 0.765. The van der Waals surface area contributed by atoms with Crippen molar-refractivity contribution in [1.82, 2.24) is 0 Å². The first-order valence-electron chi connectivity index (χ1n) is 3.75. The molecule has 0 bridgehead atoms. The van der Waals surface area contributed by atoms with E-state index in [1.165, 1.54) is 0 Å². The maximum atomic E-state index is 13.1. The largest absolute Gasteiger partial charge is 0.273 e. The molecule has 0 radical (unpaired) electrons. The molecule has 0 aliphatic heterocycles. The van der Waals surface area contributed by atoms with Gasteiger partial charge in [-0.1, -0.05) is 0 Å². The van der Waals surface area contributed by atoms with Gasteiger partial charge in [-0.2, -0.15) is 0 Å². The Morgan fingerprint density at radius 3 is 2.20 bits per heavy atom. The molecule has 2 nitrogen and oxygen atoms in total. The third-order valence-corrected chi connectivity index (χ3v) is 3.05. The fourth-order valence-corrected chi connectivity index (χ4v) is 1.77. The van der Waals surface area contributed by atoms with Crippen molar-refractivity contribution in [2.24, 2.45) is 0 Å². The minimum absolute atomic E-state index is 0.467. The molecular formula is C8H6ClF3O2S. The average molecular weight is 259 g/mol. The normalized spacial score (nSPS) is 12.9. The van der Waals surface area contributed by atoms with E-state index in [0.29, 0.717) is 19.1 Å². The molecule has 1 aromatic carbocycles. The fourth-order valence-electron chi connectivity index (χ4n) is 1.00. The summed E-state index contributed by atoms with van der Waals surface area (Å²) in [6.45, 7) is 0.514. The zero-order valence-electron chi connectivity index (χ0n) is 7.47. The molecule has 0 unspecified atom stereocenters. The highest BCUT2D eigenvalue weighted by Crippen LogP contribution is 2.30. The van der Waals surface area contributed by atoms with Crippen molar-refractivity contribution in [3.05, 3.63) is 29.6 Å². The van der Waals surface area contributed by atoms with Crippen LogP contribution in [0, 0.1) is 5.82 Å². The molecule has 7 heteroatoms. The van der Waals surface area contributed by atoms with Gasteiger partial charge in [-0.15, -0.1) is 0 Å². The maximum absolute atomic E-state index is 13.1. The molecule has 0 atom stereocenters. The Balaban J connectivity index is 3.34. The van der Waals surface area contributed by atoms with Gasteiger partial charge in [0.2, 0.25) is 0 Å². The summed E-state index contributed by atoms with van der Waals surface area (Å²) in [7, 11) is 0.815. The molecule has 0 aliphatic rings.